The number of amides is 3. The third-order valence-corrected chi connectivity index (χ3v) is 6.12. The minimum atomic E-state index is -0.906. The number of carbonyl (C=O) groups excluding carboxylic acids is 3. The lowest BCUT2D eigenvalue weighted by Gasteiger charge is -2.37. The van der Waals surface area contributed by atoms with Crippen molar-refractivity contribution in [2.24, 2.45) is 5.92 Å². The predicted octanol–water partition coefficient (Wildman–Crippen LogP) is 6.47. The first-order valence-corrected chi connectivity index (χ1v) is 13.4. The van der Waals surface area contributed by atoms with E-state index in [1.54, 1.807) is 25.7 Å². The molecule has 2 aromatic carbocycles. The molecule has 0 aliphatic heterocycles. The number of ether oxygens (including phenoxy) is 1. The number of hydrogen-bond acceptors (Lipinski definition) is 4. The minimum absolute atomic E-state index is 0.119. The number of nitrogens with one attached hydrogen (secondary N) is 2. The van der Waals surface area contributed by atoms with Crippen LogP contribution in [0.4, 0.5) is 10.5 Å². The fourth-order valence-electron chi connectivity index (χ4n) is 4.48. The van der Waals surface area contributed by atoms with Crippen LogP contribution >= 0.6 is 0 Å². The maximum Gasteiger partial charge on any atom is 0.408 e. The highest BCUT2D eigenvalue weighted by Gasteiger charge is 2.38. The summed E-state index contributed by atoms with van der Waals surface area (Å²) in [6.07, 6.45) is -0.257. The largest absolute Gasteiger partial charge is 0.444 e. The zero-order valence-electron chi connectivity index (χ0n) is 24.6. The van der Waals surface area contributed by atoms with E-state index in [1.165, 1.54) is 0 Å². The van der Waals surface area contributed by atoms with Crippen molar-refractivity contribution in [3.63, 3.8) is 0 Å². The zero-order chi connectivity index (χ0) is 28.8. The van der Waals surface area contributed by atoms with Crippen molar-refractivity contribution in [2.45, 2.75) is 99.4 Å². The van der Waals surface area contributed by atoms with Crippen molar-refractivity contribution in [3.05, 3.63) is 64.7 Å². The maximum atomic E-state index is 14.2. The molecule has 0 bridgehead atoms. The van der Waals surface area contributed by atoms with Gasteiger partial charge >= 0.3 is 6.09 Å². The number of carbonyl (C=O) groups is 3. The first-order chi connectivity index (χ1) is 17.6. The van der Waals surface area contributed by atoms with Crippen molar-refractivity contribution in [2.75, 3.05) is 5.32 Å². The van der Waals surface area contributed by atoms with Crippen LogP contribution in [-0.2, 0) is 14.3 Å². The second kappa shape index (κ2) is 12.9. The average molecular weight is 524 g/mol. The van der Waals surface area contributed by atoms with Gasteiger partial charge in [0.1, 0.15) is 17.7 Å². The summed E-state index contributed by atoms with van der Waals surface area (Å²) in [6, 6.07) is 11.4. The van der Waals surface area contributed by atoms with Gasteiger partial charge < -0.3 is 20.3 Å². The van der Waals surface area contributed by atoms with E-state index in [0.717, 1.165) is 22.4 Å². The van der Waals surface area contributed by atoms with E-state index in [0.29, 0.717) is 12.0 Å². The van der Waals surface area contributed by atoms with E-state index < -0.39 is 23.8 Å². The second-order valence-corrected chi connectivity index (χ2v) is 11.7. The van der Waals surface area contributed by atoms with Gasteiger partial charge in [0.05, 0.1) is 0 Å². The Morgan fingerprint density at radius 1 is 0.921 bits per heavy atom. The van der Waals surface area contributed by atoms with E-state index in [4.69, 9.17) is 4.74 Å². The predicted molar refractivity (Wildman–Crippen MR) is 153 cm³/mol. The third-order valence-electron chi connectivity index (χ3n) is 6.12. The van der Waals surface area contributed by atoms with Gasteiger partial charge in [0.25, 0.3) is 5.91 Å². The molecule has 0 saturated heterocycles. The van der Waals surface area contributed by atoms with Crippen molar-refractivity contribution >= 4 is 23.6 Å². The zero-order valence-corrected chi connectivity index (χ0v) is 24.6. The Hall–Kier alpha value is -3.35. The number of alkyl carbamates (subject to hydrolysis) is 1. The molecule has 7 heteroatoms. The molecule has 3 amide bonds. The summed E-state index contributed by atoms with van der Waals surface area (Å²) in [5.74, 6) is -0.521. The molecule has 2 unspecified atom stereocenters. The lowest BCUT2D eigenvalue weighted by Crippen LogP contribution is -2.54. The van der Waals surface area contributed by atoms with Crippen LogP contribution in [0.3, 0.4) is 0 Å². The Kier molecular flexibility index (Phi) is 10.5. The van der Waals surface area contributed by atoms with Crippen molar-refractivity contribution in [1.82, 2.24) is 10.2 Å². The number of aryl methyl sites for hydroxylation is 3. The van der Waals surface area contributed by atoms with Crippen LogP contribution in [0.25, 0.3) is 0 Å². The van der Waals surface area contributed by atoms with Crippen LogP contribution in [0.1, 0.15) is 83.2 Å². The normalized spacial score (nSPS) is 13.2. The lowest BCUT2D eigenvalue weighted by molar-refractivity contribution is -0.143. The lowest BCUT2D eigenvalue weighted by atomic mass is 9.97. The van der Waals surface area contributed by atoms with Gasteiger partial charge in [-0.1, -0.05) is 61.9 Å². The van der Waals surface area contributed by atoms with Crippen LogP contribution in [0.2, 0.25) is 0 Å². The van der Waals surface area contributed by atoms with Crippen molar-refractivity contribution in [1.29, 1.82) is 0 Å². The summed E-state index contributed by atoms with van der Waals surface area (Å²) in [5.41, 5.74) is 3.59. The number of anilines is 1. The smallest absolute Gasteiger partial charge is 0.408 e. The van der Waals surface area contributed by atoms with E-state index in [9.17, 15) is 14.4 Å². The van der Waals surface area contributed by atoms with Gasteiger partial charge in [-0.3, -0.25) is 9.59 Å². The first kappa shape index (κ1) is 30.9. The Morgan fingerprint density at radius 3 is 2.00 bits per heavy atom. The number of nitrogens with zero attached hydrogens (tertiary/aromatic N) is 1. The number of benzene rings is 2. The molecule has 0 heterocycles. The topological polar surface area (TPSA) is 87.7 Å². The Labute approximate surface area is 228 Å². The minimum Gasteiger partial charge on any atom is -0.444 e. The summed E-state index contributed by atoms with van der Waals surface area (Å²) < 4.78 is 5.45. The van der Waals surface area contributed by atoms with E-state index in [1.807, 2.05) is 90.9 Å². The molecule has 0 radical (unpaired) electrons. The molecule has 2 N–H and O–H groups in total. The van der Waals surface area contributed by atoms with E-state index >= 15 is 0 Å². The maximum absolute atomic E-state index is 14.2. The first-order valence-electron chi connectivity index (χ1n) is 13.4. The average Bonchev–Trinajstić information content (AvgIpc) is 2.77. The fraction of sp³-hybridized carbons (Fsp3) is 0.516. The van der Waals surface area contributed by atoms with Gasteiger partial charge in [-0.05, 0) is 84.4 Å². The Morgan fingerprint density at radius 2 is 1.50 bits per heavy atom. The molecular formula is C31H45N3O4. The third kappa shape index (κ3) is 8.61. The summed E-state index contributed by atoms with van der Waals surface area (Å²) >= 11 is 0. The van der Waals surface area contributed by atoms with E-state index in [2.05, 4.69) is 10.6 Å². The molecule has 38 heavy (non-hydrogen) atoms. The molecule has 0 saturated carbocycles. The van der Waals surface area contributed by atoms with Crippen LogP contribution in [0, 0.1) is 26.7 Å². The fourth-order valence-corrected chi connectivity index (χ4v) is 4.48. The highest BCUT2D eigenvalue weighted by molar-refractivity contribution is 6.00. The van der Waals surface area contributed by atoms with Gasteiger partial charge in [-0.25, -0.2) is 4.79 Å². The van der Waals surface area contributed by atoms with Crippen molar-refractivity contribution in [3.8, 4) is 0 Å². The highest BCUT2D eigenvalue weighted by atomic mass is 16.6. The summed E-state index contributed by atoms with van der Waals surface area (Å²) in [7, 11) is 0. The molecule has 2 aromatic rings. The molecule has 0 aliphatic carbocycles. The summed E-state index contributed by atoms with van der Waals surface area (Å²) in [4.78, 5) is 42.5. The molecule has 208 valence electrons. The van der Waals surface area contributed by atoms with Gasteiger partial charge in [0.2, 0.25) is 5.91 Å². The van der Waals surface area contributed by atoms with Gasteiger partial charge in [0.15, 0.2) is 0 Å². The van der Waals surface area contributed by atoms with Crippen LogP contribution in [0.15, 0.2) is 42.5 Å². The molecule has 2 rings (SSSR count). The SMILES string of the molecule is Cc1cccc(C(C(=O)Nc2c(C)cccc2C)N(C(=O)C(CC(C)C)NC(=O)OC(C)(C)C)C(C)C)c1. The van der Waals surface area contributed by atoms with Crippen LogP contribution < -0.4 is 10.6 Å². The van der Waals surface area contributed by atoms with Gasteiger partial charge in [-0.2, -0.15) is 0 Å². The monoisotopic (exact) mass is 523 g/mol. The van der Waals surface area contributed by atoms with Gasteiger partial charge in [0, 0.05) is 11.7 Å². The molecule has 0 spiro atoms. The van der Waals surface area contributed by atoms with Crippen LogP contribution in [0.5, 0.6) is 0 Å². The molecule has 2 atom stereocenters. The standard InChI is InChI=1S/C31H45N3O4/c1-19(2)17-25(32-30(37)38-31(8,9)10)29(36)34(20(3)4)27(24-16-11-13-21(5)18-24)28(35)33-26-22(6)14-12-15-23(26)7/h11-16,18-20,25,27H,17H2,1-10H3,(H,32,37)(H,33,35). The van der Waals surface area contributed by atoms with Crippen LogP contribution in [-0.4, -0.2) is 40.5 Å². The summed E-state index contributed by atoms with van der Waals surface area (Å²) in [6.45, 7) is 18.9. The summed E-state index contributed by atoms with van der Waals surface area (Å²) in [5, 5.41) is 5.87. The molecular weight excluding hydrogens is 478 g/mol. The Bertz CT molecular complexity index is 1110. The van der Waals surface area contributed by atoms with E-state index in [-0.39, 0.29) is 23.8 Å². The number of hydrogen-bond donors (Lipinski definition) is 2. The molecule has 0 fully saturated rings. The number of para-hydroxylation sites is 1. The second-order valence-electron chi connectivity index (χ2n) is 11.7. The Balaban J connectivity index is 2.56. The molecule has 0 aliphatic rings. The quantitative estimate of drug-likeness (QED) is 0.394. The highest BCUT2D eigenvalue weighted by Crippen LogP contribution is 2.29. The number of rotatable bonds is 9. The molecule has 7 nitrogen and oxygen atoms in total. The van der Waals surface area contributed by atoms with Gasteiger partial charge in [-0.15, -0.1) is 0 Å². The van der Waals surface area contributed by atoms with Crippen molar-refractivity contribution < 1.29 is 19.1 Å². The molecule has 0 aromatic heterocycles.